The van der Waals surface area contributed by atoms with Crippen LogP contribution < -0.4 is 10.3 Å². The fraction of sp³-hybridized carbons (Fsp3) is 0.684. The molecule has 0 bridgehead atoms. The molecule has 0 radical (unpaired) electrons. The zero-order valence-corrected chi connectivity index (χ0v) is 19.0. The number of rotatable bonds is 3. The third-order valence-corrected chi connectivity index (χ3v) is 4.30. The highest BCUT2D eigenvalue weighted by molar-refractivity contribution is 7.79. The second-order valence-corrected chi connectivity index (χ2v) is 7.40. The Labute approximate surface area is 176 Å². The average Bonchev–Trinajstić information content (AvgIpc) is 2.89. The smallest absolute Gasteiger partial charge is 0.410 e. The number of fused-ring (bicyclic) bond motifs is 1. The molecule has 2 rings (SSSR count). The fourth-order valence-electron chi connectivity index (χ4n) is 3.01. The molecule has 1 aliphatic rings. The van der Waals surface area contributed by atoms with Crippen LogP contribution in [0.5, 0.6) is 5.75 Å². The van der Waals surface area contributed by atoms with Gasteiger partial charge in [-0.1, -0.05) is 0 Å². The lowest BCUT2D eigenvalue weighted by Crippen LogP contribution is -2.39. The zero-order valence-electron chi connectivity index (χ0n) is 18.1. The maximum absolute atomic E-state index is 12.9. The summed E-state index contributed by atoms with van der Waals surface area (Å²) in [5.74, 6) is -0.603. The van der Waals surface area contributed by atoms with E-state index in [1.165, 1.54) is 23.7 Å². The molecule has 1 atom stereocenters. The molecule has 0 aromatic carbocycles. The first kappa shape index (κ1) is 24.8. The minimum absolute atomic E-state index is 0.161. The molecule has 0 spiro atoms. The van der Waals surface area contributed by atoms with Gasteiger partial charge in [-0.05, 0) is 46.3 Å². The second kappa shape index (κ2) is 10.5. The number of carbonyl (C=O) groups excluding carboxylic acids is 2. The molecule has 1 aliphatic heterocycles. The molecule has 1 aromatic rings. The Morgan fingerprint density at radius 1 is 1.21 bits per heavy atom. The summed E-state index contributed by atoms with van der Waals surface area (Å²) in [6.45, 7) is 5.77. The van der Waals surface area contributed by atoms with Crippen molar-refractivity contribution in [2.45, 2.75) is 58.2 Å². The molecular weight excluding hydrogens is 398 g/mol. The summed E-state index contributed by atoms with van der Waals surface area (Å²) in [5, 5.41) is 0. The summed E-state index contributed by atoms with van der Waals surface area (Å²) in [6, 6.07) is -0.510. The van der Waals surface area contributed by atoms with Gasteiger partial charge >= 0.3 is 12.1 Å². The SMILES string of the molecule is COC(=O)c1nc2n(c(=O)c1OC)CCCCC2N(C)C(=O)OC(C)(C)C.CS. The first-order valence-electron chi connectivity index (χ1n) is 9.28. The van der Waals surface area contributed by atoms with Crippen molar-refractivity contribution in [2.75, 3.05) is 27.5 Å². The molecule has 1 aromatic heterocycles. The number of ether oxygens (including phenoxy) is 3. The monoisotopic (exact) mass is 429 g/mol. The standard InChI is InChI=1S/C18H27N3O6.CH4S/c1-18(2,3)27-17(24)20(4)11-9-7-8-10-21-14(11)19-12(16(23)26-6)13(25-5)15(21)22;1-2/h11H,7-10H2,1-6H3;2H,1H3. The Morgan fingerprint density at radius 3 is 2.34 bits per heavy atom. The molecule has 10 heteroatoms. The Balaban J connectivity index is 0.00000204. The van der Waals surface area contributed by atoms with Gasteiger partial charge in [-0.25, -0.2) is 14.6 Å². The number of nitrogens with zero attached hydrogens (tertiary/aromatic N) is 3. The molecule has 164 valence electrons. The number of esters is 1. The minimum atomic E-state index is -0.768. The van der Waals surface area contributed by atoms with Gasteiger partial charge in [-0.2, -0.15) is 12.6 Å². The van der Waals surface area contributed by atoms with Gasteiger partial charge in [0, 0.05) is 13.6 Å². The van der Waals surface area contributed by atoms with Crippen LogP contribution in [0.3, 0.4) is 0 Å². The Bertz CT molecular complexity index is 787. The minimum Gasteiger partial charge on any atom is -0.489 e. The van der Waals surface area contributed by atoms with Crippen molar-refractivity contribution in [2.24, 2.45) is 0 Å². The summed E-state index contributed by atoms with van der Waals surface area (Å²) in [5.41, 5.74) is -1.31. The van der Waals surface area contributed by atoms with Gasteiger partial charge in [0.05, 0.1) is 20.3 Å². The summed E-state index contributed by atoms with van der Waals surface area (Å²) < 4.78 is 16.7. The molecule has 9 nitrogen and oxygen atoms in total. The lowest BCUT2D eigenvalue weighted by atomic mass is 10.1. The molecule has 1 unspecified atom stereocenters. The first-order valence-corrected chi connectivity index (χ1v) is 10.2. The number of carbonyl (C=O) groups is 2. The van der Waals surface area contributed by atoms with E-state index in [1.54, 1.807) is 34.1 Å². The normalized spacial score (nSPS) is 15.8. The first-order chi connectivity index (χ1) is 13.6. The number of hydrogen-bond donors (Lipinski definition) is 1. The molecule has 2 heterocycles. The summed E-state index contributed by atoms with van der Waals surface area (Å²) in [7, 11) is 4.11. The molecule has 29 heavy (non-hydrogen) atoms. The van der Waals surface area contributed by atoms with Crippen LogP contribution in [0.4, 0.5) is 4.79 Å². The molecule has 0 N–H and O–H groups in total. The van der Waals surface area contributed by atoms with Gasteiger partial charge in [0.25, 0.3) is 5.56 Å². The number of aromatic nitrogens is 2. The third-order valence-electron chi connectivity index (χ3n) is 4.30. The van der Waals surface area contributed by atoms with Crippen molar-refractivity contribution in [1.29, 1.82) is 0 Å². The third kappa shape index (κ3) is 5.88. The molecule has 0 fully saturated rings. The maximum Gasteiger partial charge on any atom is 0.410 e. The van der Waals surface area contributed by atoms with Crippen LogP contribution >= 0.6 is 12.6 Å². The van der Waals surface area contributed by atoms with Crippen LogP contribution in [0.25, 0.3) is 0 Å². The van der Waals surface area contributed by atoms with Crippen molar-refractivity contribution < 1.29 is 23.8 Å². The highest BCUT2D eigenvalue weighted by Gasteiger charge is 2.33. The molecule has 0 saturated heterocycles. The number of amides is 1. The van der Waals surface area contributed by atoms with E-state index < -0.39 is 29.3 Å². The van der Waals surface area contributed by atoms with E-state index in [0.717, 1.165) is 12.8 Å². The predicted molar refractivity (Wildman–Crippen MR) is 112 cm³/mol. The quantitative estimate of drug-likeness (QED) is 0.582. The largest absolute Gasteiger partial charge is 0.489 e. The number of methoxy groups -OCH3 is 2. The van der Waals surface area contributed by atoms with Crippen LogP contribution in [-0.4, -0.2) is 59.6 Å². The van der Waals surface area contributed by atoms with E-state index >= 15 is 0 Å². The van der Waals surface area contributed by atoms with E-state index in [9.17, 15) is 14.4 Å². The van der Waals surface area contributed by atoms with Crippen LogP contribution in [0.1, 0.15) is 62.4 Å². The van der Waals surface area contributed by atoms with Crippen LogP contribution in [-0.2, 0) is 16.0 Å². The van der Waals surface area contributed by atoms with E-state index in [4.69, 9.17) is 14.2 Å². The van der Waals surface area contributed by atoms with E-state index in [-0.39, 0.29) is 11.4 Å². The van der Waals surface area contributed by atoms with Crippen molar-refractivity contribution in [3.05, 3.63) is 21.9 Å². The average molecular weight is 430 g/mol. The summed E-state index contributed by atoms with van der Waals surface area (Å²) in [4.78, 5) is 43.3. The topological polar surface area (TPSA) is 100.0 Å². The van der Waals surface area contributed by atoms with Crippen molar-refractivity contribution >= 4 is 24.7 Å². The van der Waals surface area contributed by atoms with Gasteiger partial charge < -0.3 is 19.1 Å². The number of thiol groups is 1. The predicted octanol–water partition coefficient (Wildman–Crippen LogP) is 2.68. The van der Waals surface area contributed by atoms with Gasteiger partial charge in [0.2, 0.25) is 5.75 Å². The van der Waals surface area contributed by atoms with E-state index in [0.29, 0.717) is 18.8 Å². The van der Waals surface area contributed by atoms with E-state index in [2.05, 4.69) is 17.6 Å². The van der Waals surface area contributed by atoms with Gasteiger partial charge in [0.15, 0.2) is 5.69 Å². The van der Waals surface area contributed by atoms with Gasteiger partial charge in [0.1, 0.15) is 11.4 Å². The highest BCUT2D eigenvalue weighted by atomic mass is 32.1. The zero-order chi connectivity index (χ0) is 22.4. The van der Waals surface area contributed by atoms with Gasteiger partial charge in [-0.15, -0.1) is 0 Å². The molecule has 1 amide bonds. The molecular formula is C19H31N3O6S. The molecule has 0 saturated carbocycles. The Morgan fingerprint density at radius 2 is 1.83 bits per heavy atom. The Kier molecular flexibility index (Phi) is 9.00. The highest BCUT2D eigenvalue weighted by Crippen LogP contribution is 2.29. The van der Waals surface area contributed by atoms with Crippen LogP contribution in [0.2, 0.25) is 0 Å². The number of hydrogen-bond acceptors (Lipinski definition) is 8. The van der Waals surface area contributed by atoms with Crippen LogP contribution in [0.15, 0.2) is 4.79 Å². The van der Waals surface area contributed by atoms with Crippen molar-refractivity contribution in [3.63, 3.8) is 0 Å². The van der Waals surface area contributed by atoms with Gasteiger partial charge in [-0.3, -0.25) is 9.36 Å². The Hall–Kier alpha value is -2.23. The van der Waals surface area contributed by atoms with Crippen molar-refractivity contribution in [1.82, 2.24) is 14.5 Å². The van der Waals surface area contributed by atoms with Crippen molar-refractivity contribution in [3.8, 4) is 5.75 Å². The van der Waals surface area contributed by atoms with E-state index in [1.807, 2.05) is 0 Å². The summed E-state index contributed by atoms with van der Waals surface area (Å²) in [6.07, 6.45) is 3.30. The lowest BCUT2D eigenvalue weighted by molar-refractivity contribution is 0.0202. The lowest BCUT2D eigenvalue weighted by Gasteiger charge is -2.30. The van der Waals surface area contributed by atoms with Crippen LogP contribution in [0, 0.1) is 0 Å². The summed E-state index contributed by atoms with van der Waals surface area (Å²) >= 11 is 3.53. The second-order valence-electron chi connectivity index (χ2n) is 7.40. The maximum atomic E-state index is 12.9. The fourth-order valence-corrected chi connectivity index (χ4v) is 3.01. The molecule has 0 aliphatic carbocycles.